The molecule has 0 unspecified atom stereocenters. The van der Waals surface area contributed by atoms with Crippen molar-refractivity contribution in [1.29, 1.82) is 0 Å². The van der Waals surface area contributed by atoms with Gasteiger partial charge in [0.25, 0.3) is 0 Å². The van der Waals surface area contributed by atoms with Gasteiger partial charge >= 0.3 is 12.4 Å². The average molecular weight is 395 g/mol. The second kappa shape index (κ2) is 6.87. The Balaban J connectivity index is 1.79. The van der Waals surface area contributed by atoms with Crippen molar-refractivity contribution >= 4 is 11.0 Å². The van der Waals surface area contributed by atoms with Crippen LogP contribution in [-0.2, 0) is 13.2 Å². The lowest BCUT2D eigenvalue weighted by molar-refractivity contribution is -0.184. The predicted octanol–water partition coefficient (Wildman–Crippen LogP) is 5.04. The first-order valence-corrected chi connectivity index (χ1v) is 8.58. The Hall–Kier alpha value is -2.00. The molecule has 1 aliphatic rings. The number of pyridine rings is 1. The minimum absolute atomic E-state index is 0.00897. The van der Waals surface area contributed by atoms with Crippen molar-refractivity contribution in [2.75, 3.05) is 6.61 Å². The Bertz CT molecular complexity index is 819. The van der Waals surface area contributed by atoms with Crippen LogP contribution in [0.25, 0.3) is 11.0 Å². The van der Waals surface area contributed by atoms with Crippen molar-refractivity contribution in [3.63, 3.8) is 0 Å². The molecule has 0 atom stereocenters. The monoisotopic (exact) mass is 395 g/mol. The van der Waals surface area contributed by atoms with Crippen LogP contribution >= 0.6 is 0 Å². The van der Waals surface area contributed by atoms with Gasteiger partial charge in [0.1, 0.15) is 0 Å². The Morgan fingerprint density at radius 2 is 1.74 bits per heavy atom. The third kappa shape index (κ3) is 4.14. The first-order valence-electron chi connectivity index (χ1n) is 8.58. The summed E-state index contributed by atoms with van der Waals surface area (Å²) in [4.78, 5) is 4.10. The quantitative estimate of drug-likeness (QED) is 0.684. The Morgan fingerprint density at radius 3 is 2.30 bits per heavy atom. The molecule has 0 amide bonds. The molecule has 0 aliphatic heterocycles. The van der Waals surface area contributed by atoms with E-state index in [9.17, 15) is 26.3 Å². The number of fused-ring (bicyclic) bond motifs is 1. The molecule has 1 fully saturated rings. The van der Waals surface area contributed by atoms with Crippen LogP contribution < -0.4 is 4.74 Å². The summed E-state index contributed by atoms with van der Waals surface area (Å²) in [6, 6.07) is 0.936. The highest BCUT2D eigenvalue weighted by molar-refractivity contribution is 5.85. The second-order valence-electron chi connectivity index (χ2n) is 7.01. The molecular weight excluding hydrogens is 376 g/mol. The molecule has 4 nitrogen and oxygen atoms in total. The summed E-state index contributed by atoms with van der Waals surface area (Å²) < 4.78 is 85.2. The number of halogens is 6. The number of hydrogen-bond acceptors (Lipinski definition) is 3. The van der Waals surface area contributed by atoms with Gasteiger partial charge in [0, 0.05) is 12.7 Å². The molecule has 3 rings (SSSR count). The fraction of sp³-hybridized carbons (Fsp3) is 0.647. The highest BCUT2D eigenvalue weighted by Crippen LogP contribution is 2.41. The van der Waals surface area contributed by atoms with Crippen LogP contribution in [0.5, 0.6) is 5.88 Å². The van der Waals surface area contributed by atoms with Crippen LogP contribution in [0.1, 0.15) is 36.9 Å². The van der Waals surface area contributed by atoms with Gasteiger partial charge in [-0.05, 0) is 44.6 Å². The van der Waals surface area contributed by atoms with E-state index in [0.29, 0.717) is 12.8 Å². The minimum atomic E-state index is -4.60. The van der Waals surface area contributed by atoms with Crippen molar-refractivity contribution in [3.8, 4) is 5.88 Å². The van der Waals surface area contributed by atoms with E-state index >= 15 is 0 Å². The van der Waals surface area contributed by atoms with Crippen LogP contribution in [0.2, 0.25) is 0 Å². The van der Waals surface area contributed by atoms with Crippen LogP contribution in [0.3, 0.4) is 0 Å². The topological polar surface area (TPSA) is 39.9 Å². The van der Waals surface area contributed by atoms with Gasteiger partial charge in [-0.15, -0.1) is 5.10 Å². The summed E-state index contributed by atoms with van der Waals surface area (Å²) in [6.45, 7) is 1.49. The maximum Gasteiger partial charge on any atom is 0.417 e. The molecule has 0 spiro atoms. The van der Waals surface area contributed by atoms with Crippen molar-refractivity contribution in [2.45, 2.75) is 45.0 Å². The lowest BCUT2D eigenvalue weighted by Crippen LogP contribution is -2.29. The maximum absolute atomic E-state index is 13.4. The molecule has 2 aromatic rings. The summed E-state index contributed by atoms with van der Waals surface area (Å²) in [5, 5.41) is 3.77. The number of aromatic nitrogens is 3. The first-order chi connectivity index (χ1) is 12.5. The minimum Gasteiger partial charge on any atom is -0.476 e. The molecule has 0 aromatic carbocycles. The van der Waals surface area contributed by atoms with E-state index in [-0.39, 0.29) is 48.0 Å². The molecule has 2 heterocycles. The second-order valence-corrected chi connectivity index (χ2v) is 7.01. The van der Waals surface area contributed by atoms with Crippen molar-refractivity contribution in [2.24, 2.45) is 18.9 Å². The number of alkyl halides is 6. The molecule has 27 heavy (non-hydrogen) atoms. The van der Waals surface area contributed by atoms with E-state index in [1.807, 2.05) is 0 Å². The first kappa shape index (κ1) is 19.8. The predicted molar refractivity (Wildman–Crippen MR) is 85.2 cm³/mol. The molecule has 0 bridgehead atoms. The molecule has 0 N–H and O–H groups in total. The van der Waals surface area contributed by atoms with Gasteiger partial charge in [-0.1, -0.05) is 0 Å². The highest BCUT2D eigenvalue weighted by Gasteiger charge is 2.41. The van der Waals surface area contributed by atoms with Crippen molar-refractivity contribution < 1.29 is 31.1 Å². The summed E-state index contributed by atoms with van der Waals surface area (Å²) in [6.07, 6.45) is -8.15. The summed E-state index contributed by atoms with van der Waals surface area (Å²) >= 11 is 0. The lowest BCUT2D eigenvalue weighted by atomic mass is 9.82. The van der Waals surface area contributed by atoms with Crippen molar-refractivity contribution in [3.05, 3.63) is 17.3 Å². The van der Waals surface area contributed by atoms with Gasteiger partial charge in [0.05, 0.1) is 23.5 Å². The lowest BCUT2D eigenvalue weighted by Gasteiger charge is -2.29. The maximum atomic E-state index is 13.4. The molecule has 0 radical (unpaired) electrons. The van der Waals surface area contributed by atoms with Gasteiger partial charge < -0.3 is 4.74 Å². The van der Waals surface area contributed by atoms with E-state index in [1.54, 1.807) is 0 Å². The smallest absolute Gasteiger partial charge is 0.417 e. The number of rotatable bonds is 3. The van der Waals surface area contributed by atoms with Gasteiger partial charge in [-0.25, -0.2) is 9.67 Å². The zero-order chi connectivity index (χ0) is 20.0. The number of nitrogens with zero attached hydrogens (tertiary/aromatic N) is 3. The zero-order valence-electron chi connectivity index (χ0n) is 14.8. The molecule has 0 saturated heterocycles. The molecular formula is C17H19F6N3O. The van der Waals surface area contributed by atoms with Crippen molar-refractivity contribution in [1.82, 2.24) is 14.8 Å². The number of hydrogen-bond donors (Lipinski definition) is 0. The number of aryl methyl sites for hydroxylation is 2. The van der Waals surface area contributed by atoms with Gasteiger partial charge in [-0.2, -0.15) is 26.3 Å². The van der Waals surface area contributed by atoms with E-state index in [0.717, 1.165) is 6.07 Å². The summed E-state index contributed by atoms with van der Waals surface area (Å²) in [7, 11) is 1.47. The van der Waals surface area contributed by atoms with E-state index < -0.39 is 23.8 Å². The zero-order valence-corrected chi connectivity index (χ0v) is 14.8. The standard InChI is InChI=1S/C17H19F6N3O/c1-9-7-12(17(21,22)23)13-14(24-9)26(2)25-15(13)27-8-10-3-5-11(6-4-10)16(18,19)20/h7,10-11H,3-6,8H2,1-2H3. The third-order valence-corrected chi connectivity index (χ3v) is 4.96. The van der Waals surface area contributed by atoms with Gasteiger partial charge in [-0.3, -0.25) is 0 Å². The summed E-state index contributed by atoms with van der Waals surface area (Å²) in [5.74, 6) is -1.65. The average Bonchev–Trinajstić information content (AvgIpc) is 2.87. The van der Waals surface area contributed by atoms with Gasteiger partial charge in [0.15, 0.2) is 5.65 Å². The van der Waals surface area contributed by atoms with Gasteiger partial charge in [0.2, 0.25) is 5.88 Å². The molecule has 10 heteroatoms. The fourth-order valence-corrected chi connectivity index (χ4v) is 3.51. The van der Waals surface area contributed by atoms with Crippen LogP contribution in [-0.4, -0.2) is 27.5 Å². The van der Waals surface area contributed by atoms with E-state index in [1.165, 1.54) is 18.7 Å². The fourth-order valence-electron chi connectivity index (χ4n) is 3.51. The third-order valence-electron chi connectivity index (χ3n) is 4.96. The number of ether oxygens (including phenoxy) is 1. The molecule has 1 aliphatic carbocycles. The Morgan fingerprint density at radius 1 is 1.11 bits per heavy atom. The van der Waals surface area contributed by atoms with Crippen LogP contribution in [0.15, 0.2) is 6.07 Å². The highest BCUT2D eigenvalue weighted by atomic mass is 19.4. The Labute approximate surface area is 151 Å². The largest absolute Gasteiger partial charge is 0.476 e. The molecule has 150 valence electrons. The molecule has 1 saturated carbocycles. The van der Waals surface area contributed by atoms with Crippen LogP contribution in [0, 0.1) is 18.8 Å². The van der Waals surface area contributed by atoms with E-state index in [4.69, 9.17) is 4.74 Å². The molecule has 2 aromatic heterocycles. The summed E-state index contributed by atoms with van der Waals surface area (Å²) in [5.41, 5.74) is -0.623. The van der Waals surface area contributed by atoms with Crippen LogP contribution in [0.4, 0.5) is 26.3 Å². The Kier molecular flexibility index (Phi) is 5.02. The van der Waals surface area contributed by atoms with E-state index in [2.05, 4.69) is 10.1 Å². The SMILES string of the molecule is Cc1cc(C(F)(F)F)c2c(OCC3CCC(C(F)(F)F)CC3)nn(C)c2n1. The normalized spacial score (nSPS) is 21.6.